The van der Waals surface area contributed by atoms with Gasteiger partial charge in [-0.05, 0) is 38.0 Å². The minimum absolute atomic E-state index is 0.290. The van der Waals surface area contributed by atoms with Crippen LogP contribution in [-0.2, 0) is 19.1 Å². The van der Waals surface area contributed by atoms with Crippen molar-refractivity contribution in [1.82, 2.24) is 0 Å². The van der Waals surface area contributed by atoms with Gasteiger partial charge in [0.05, 0.1) is 17.3 Å². The Morgan fingerprint density at radius 2 is 1.71 bits per heavy atom. The fourth-order valence-corrected chi connectivity index (χ4v) is 3.42. The first-order valence-corrected chi connectivity index (χ1v) is 9.31. The highest BCUT2D eigenvalue weighted by Gasteiger charge is 2.43. The maximum Gasteiger partial charge on any atom is 0.313 e. The standard InChI is InChI=1S/C22H24N2O4/c1-4-16(15-10-6-5-7-11-15)20(26)28-14-19(25)24-18-13-9-8-12-17(18)23-21(27)22(24,2)3/h5-13,16H,4,14H2,1-3H3,(H,23,27). The highest BCUT2D eigenvalue weighted by molar-refractivity contribution is 6.14. The van der Waals surface area contributed by atoms with Gasteiger partial charge in [0.15, 0.2) is 6.61 Å². The maximum absolute atomic E-state index is 12.9. The number of carbonyl (C=O) groups excluding carboxylic acids is 3. The van der Waals surface area contributed by atoms with Crippen LogP contribution in [0.5, 0.6) is 0 Å². The molecule has 0 saturated carbocycles. The lowest BCUT2D eigenvalue weighted by atomic mass is 9.96. The van der Waals surface area contributed by atoms with E-state index in [1.165, 1.54) is 4.90 Å². The Bertz CT molecular complexity index is 892. The number of ether oxygens (including phenoxy) is 1. The van der Waals surface area contributed by atoms with Gasteiger partial charge in [0, 0.05) is 0 Å². The first-order valence-electron chi connectivity index (χ1n) is 9.31. The third-order valence-corrected chi connectivity index (χ3v) is 4.99. The number of rotatable bonds is 5. The summed E-state index contributed by atoms with van der Waals surface area (Å²) in [6.45, 7) is 4.80. The van der Waals surface area contributed by atoms with Crippen molar-refractivity contribution in [3.05, 3.63) is 60.2 Å². The Morgan fingerprint density at radius 3 is 2.39 bits per heavy atom. The number of hydrogen-bond donors (Lipinski definition) is 1. The summed E-state index contributed by atoms with van der Waals surface area (Å²) in [5.74, 6) is -1.61. The van der Waals surface area contributed by atoms with E-state index in [-0.39, 0.29) is 5.91 Å². The Morgan fingerprint density at radius 1 is 1.07 bits per heavy atom. The molecule has 1 aliphatic rings. The molecular formula is C22H24N2O4. The van der Waals surface area contributed by atoms with Crippen LogP contribution in [0.25, 0.3) is 0 Å². The number of nitrogens with one attached hydrogen (secondary N) is 1. The SMILES string of the molecule is CCC(C(=O)OCC(=O)N1c2ccccc2NC(=O)C1(C)C)c1ccccc1. The molecule has 6 nitrogen and oxygen atoms in total. The van der Waals surface area contributed by atoms with E-state index < -0.39 is 29.9 Å². The van der Waals surface area contributed by atoms with Crippen molar-refractivity contribution in [2.45, 2.75) is 38.6 Å². The van der Waals surface area contributed by atoms with Crippen LogP contribution in [0.4, 0.5) is 11.4 Å². The summed E-state index contributed by atoms with van der Waals surface area (Å²) in [4.78, 5) is 39.4. The second kappa shape index (κ2) is 7.84. The molecular weight excluding hydrogens is 356 g/mol. The summed E-state index contributed by atoms with van der Waals surface area (Å²) >= 11 is 0. The largest absolute Gasteiger partial charge is 0.455 e. The average molecular weight is 380 g/mol. The maximum atomic E-state index is 12.9. The highest BCUT2D eigenvalue weighted by Crippen LogP contribution is 2.36. The number of carbonyl (C=O) groups is 3. The summed E-state index contributed by atoms with van der Waals surface area (Å²) in [5, 5.41) is 2.81. The highest BCUT2D eigenvalue weighted by atomic mass is 16.5. The number of amides is 2. The van der Waals surface area contributed by atoms with Crippen molar-refractivity contribution in [2.24, 2.45) is 0 Å². The van der Waals surface area contributed by atoms with E-state index in [2.05, 4.69) is 5.32 Å². The molecule has 0 saturated heterocycles. The predicted molar refractivity (Wildman–Crippen MR) is 107 cm³/mol. The molecule has 0 spiro atoms. The molecule has 2 aromatic rings. The second-order valence-corrected chi connectivity index (χ2v) is 7.24. The van der Waals surface area contributed by atoms with Crippen molar-refractivity contribution in [3.63, 3.8) is 0 Å². The van der Waals surface area contributed by atoms with Crippen molar-refractivity contribution in [2.75, 3.05) is 16.8 Å². The van der Waals surface area contributed by atoms with Gasteiger partial charge >= 0.3 is 5.97 Å². The molecule has 1 heterocycles. The van der Waals surface area contributed by atoms with Crippen molar-refractivity contribution in [1.29, 1.82) is 0 Å². The van der Waals surface area contributed by atoms with Crippen molar-refractivity contribution < 1.29 is 19.1 Å². The lowest BCUT2D eigenvalue weighted by Gasteiger charge is -2.41. The lowest BCUT2D eigenvalue weighted by Crippen LogP contribution is -2.59. The van der Waals surface area contributed by atoms with Crippen LogP contribution in [0.2, 0.25) is 0 Å². The zero-order chi connectivity index (χ0) is 20.3. The summed E-state index contributed by atoms with van der Waals surface area (Å²) in [7, 11) is 0. The smallest absolute Gasteiger partial charge is 0.313 e. The fraction of sp³-hybridized carbons (Fsp3) is 0.318. The molecule has 146 valence electrons. The van der Waals surface area contributed by atoms with Crippen LogP contribution >= 0.6 is 0 Å². The van der Waals surface area contributed by atoms with E-state index in [0.29, 0.717) is 17.8 Å². The van der Waals surface area contributed by atoms with Crippen molar-refractivity contribution in [3.8, 4) is 0 Å². The number of anilines is 2. The third-order valence-electron chi connectivity index (χ3n) is 4.99. The number of para-hydroxylation sites is 2. The van der Waals surface area contributed by atoms with Crippen LogP contribution in [-0.4, -0.2) is 29.9 Å². The van der Waals surface area contributed by atoms with Gasteiger partial charge in [0.2, 0.25) is 5.91 Å². The number of nitrogens with zero attached hydrogens (tertiary/aromatic N) is 1. The zero-order valence-corrected chi connectivity index (χ0v) is 16.3. The minimum Gasteiger partial charge on any atom is -0.455 e. The molecule has 1 aliphatic heterocycles. The number of fused-ring (bicyclic) bond motifs is 1. The van der Waals surface area contributed by atoms with Crippen LogP contribution < -0.4 is 10.2 Å². The summed E-state index contributed by atoms with van der Waals surface area (Å²) in [5.41, 5.74) is 0.900. The van der Waals surface area contributed by atoms with E-state index in [1.54, 1.807) is 38.1 Å². The Labute approximate surface area is 164 Å². The van der Waals surface area contributed by atoms with Gasteiger partial charge in [-0.1, -0.05) is 49.4 Å². The van der Waals surface area contributed by atoms with Gasteiger partial charge in [-0.3, -0.25) is 19.3 Å². The van der Waals surface area contributed by atoms with Crippen LogP contribution in [0, 0.1) is 0 Å². The molecule has 1 unspecified atom stereocenters. The minimum atomic E-state index is -1.10. The van der Waals surface area contributed by atoms with Crippen LogP contribution in [0.15, 0.2) is 54.6 Å². The lowest BCUT2D eigenvalue weighted by molar-refractivity contribution is -0.149. The molecule has 0 fully saturated rings. The Kier molecular flexibility index (Phi) is 5.49. The molecule has 0 radical (unpaired) electrons. The zero-order valence-electron chi connectivity index (χ0n) is 16.3. The summed E-state index contributed by atoms with van der Waals surface area (Å²) in [6, 6.07) is 16.4. The predicted octanol–water partition coefficient (Wildman–Crippen LogP) is 3.49. The molecule has 1 N–H and O–H groups in total. The van der Waals surface area contributed by atoms with Gasteiger partial charge in [0.25, 0.3) is 5.91 Å². The fourth-order valence-electron chi connectivity index (χ4n) is 3.42. The normalized spacial score (nSPS) is 16.0. The van der Waals surface area contributed by atoms with E-state index in [4.69, 9.17) is 4.74 Å². The van der Waals surface area contributed by atoms with Gasteiger partial charge in [0.1, 0.15) is 5.54 Å². The van der Waals surface area contributed by atoms with E-state index in [1.807, 2.05) is 37.3 Å². The Hall–Kier alpha value is -3.15. The molecule has 1 atom stereocenters. The van der Waals surface area contributed by atoms with Gasteiger partial charge in [-0.15, -0.1) is 0 Å². The number of benzene rings is 2. The Balaban J connectivity index is 1.77. The van der Waals surface area contributed by atoms with E-state index in [0.717, 1.165) is 5.56 Å². The molecule has 2 amide bonds. The van der Waals surface area contributed by atoms with E-state index in [9.17, 15) is 14.4 Å². The second-order valence-electron chi connectivity index (χ2n) is 7.24. The van der Waals surface area contributed by atoms with Crippen LogP contribution in [0.3, 0.4) is 0 Å². The van der Waals surface area contributed by atoms with Crippen LogP contribution in [0.1, 0.15) is 38.7 Å². The number of hydrogen-bond acceptors (Lipinski definition) is 4. The molecule has 28 heavy (non-hydrogen) atoms. The van der Waals surface area contributed by atoms with Crippen molar-refractivity contribution >= 4 is 29.2 Å². The summed E-state index contributed by atoms with van der Waals surface area (Å²) in [6.07, 6.45) is 0.567. The molecule has 3 rings (SSSR count). The van der Waals surface area contributed by atoms with Gasteiger partial charge in [-0.2, -0.15) is 0 Å². The molecule has 0 bridgehead atoms. The molecule has 0 aromatic heterocycles. The topological polar surface area (TPSA) is 75.7 Å². The molecule has 2 aromatic carbocycles. The average Bonchev–Trinajstić information content (AvgIpc) is 2.68. The first kappa shape index (κ1) is 19.6. The summed E-state index contributed by atoms with van der Waals surface area (Å²) < 4.78 is 5.35. The monoisotopic (exact) mass is 380 g/mol. The van der Waals surface area contributed by atoms with E-state index >= 15 is 0 Å². The third kappa shape index (κ3) is 3.63. The first-order chi connectivity index (χ1) is 13.4. The van der Waals surface area contributed by atoms with Gasteiger partial charge < -0.3 is 10.1 Å². The number of esters is 1. The molecule has 6 heteroatoms. The van der Waals surface area contributed by atoms with Gasteiger partial charge in [-0.25, -0.2) is 0 Å². The molecule has 0 aliphatic carbocycles. The quantitative estimate of drug-likeness (QED) is 0.806.